The van der Waals surface area contributed by atoms with Crippen LogP contribution in [0.4, 0.5) is 5.69 Å². The zero-order valence-electron chi connectivity index (χ0n) is 11.1. The van der Waals surface area contributed by atoms with E-state index in [0.717, 1.165) is 35.1 Å². The van der Waals surface area contributed by atoms with E-state index < -0.39 is 0 Å². The molecule has 3 rings (SSSR count). The fourth-order valence-electron chi connectivity index (χ4n) is 2.28. The van der Waals surface area contributed by atoms with Gasteiger partial charge in [-0.3, -0.25) is 4.98 Å². The minimum Gasteiger partial charge on any atom is -0.373 e. The molecule has 1 fully saturated rings. The van der Waals surface area contributed by atoms with E-state index in [4.69, 9.17) is 11.6 Å². The third-order valence-electron chi connectivity index (χ3n) is 3.55. The van der Waals surface area contributed by atoms with E-state index in [1.165, 1.54) is 18.5 Å². The molecule has 0 unspecified atom stereocenters. The summed E-state index contributed by atoms with van der Waals surface area (Å²) < 4.78 is 0. The minimum atomic E-state index is 0.732. The van der Waals surface area contributed by atoms with E-state index in [-0.39, 0.29) is 0 Å². The summed E-state index contributed by atoms with van der Waals surface area (Å²) in [5.41, 5.74) is 2.16. The second-order valence-corrected chi connectivity index (χ2v) is 5.58. The molecule has 100 valence electrons. The molecule has 0 bridgehead atoms. The third-order valence-corrected chi connectivity index (χ3v) is 3.79. The van der Waals surface area contributed by atoms with Crippen molar-refractivity contribution in [2.24, 2.45) is 0 Å². The summed E-state index contributed by atoms with van der Waals surface area (Å²) in [5, 5.41) is 5.42. The Morgan fingerprint density at radius 3 is 3.00 bits per heavy atom. The highest BCUT2D eigenvalue weighted by Gasteiger charge is 2.19. The average Bonchev–Trinajstić information content (AvgIpc) is 3.21. The monoisotopic (exact) mass is 275 g/mol. The SMILES string of the molecule is CN(CCNC1CC1)c1ccnc2cc(Cl)ccc12. The van der Waals surface area contributed by atoms with Gasteiger partial charge in [0.05, 0.1) is 5.52 Å². The van der Waals surface area contributed by atoms with E-state index >= 15 is 0 Å². The number of nitrogens with zero attached hydrogens (tertiary/aromatic N) is 2. The molecule has 0 radical (unpaired) electrons. The Kier molecular flexibility index (Phi) is 3.58. The van der Waals surface area contributed by atoms with Crippen molar-refractivity contribution in [3.8, 4) is 0 Å². The fraction of sp³-hybridized carbons (Fsp3) is 0.400. The lowest BCUT2D eigenvalue weighted by Gasteiger charge is -2.21. The van der Waals surface area contributed by atoms with Gasteiger partial charge < -0.3 is 10.2 Å². The molecule has 19 heavy (non-hydrogen) atoms. The van der Waals surface area contributed by atoms with Crippen LogP contribution in [0.1, 0.15) is 12.8 Å². The van der Waals surface area contributed by atoms with Crippen molar-refractivity contribution in [3.63, 3.8) is 0 Å². The summed E-state index contributed by atoms with van der Waals surface area (Å²) in [5.74, 6) is 0. The molecule has 1 aliphatic carbocycles. The Morgan fingerprint density at radius 2 is 2.21 bits per heavy atom. The summed E-state index contributed by atoms with van der Waals surface area (Å²) in [7, 11) is 2.12. The van der Waals surface area contributed by atoms with Crippen molar-refractivity contribution in [2.45, 2.75) is 18.9 Å². The lowest BCUT2D eigenvalue weighted by molar-refractivity contribution is 0.676. The van der Waals surface area contributed by atoms with Gasteiger partial charge >= 0.3 is 0 Å². The van der Waals surface area contributed by atoms with Crippen LogP contribution < -0.4 is 10.2 Å². The van der Waals surface area contributed by atoms with Crippen molar-refractivity contribution in [3.05, 3.63) is 35.5 Å². The lowest BCUT2D eigenvalue weighted by atomic mass is 10.2. The molecule has 3 nitrogen and oxygen atoms in total. The molecule has 2 aromatic rings. The van der Waals surface area contributed by atoms with Gasteiger partial charge in [-0.25, -0.2) is 0 Å². The van der Waals surface area contributed by atoms with Crippen LogP contribution in [0, 0.1) is 0 Å². The maximum absolute atomic E-state index is 6.01. The summed E-state index contributed by atoms with van der Waals surface area (Å²) in [6.07, 6.45) is 4.51. The molecule has 1 aromatic heterocycles. The standard InChI is InChI=1S/C15H18ClN3/c1-19(9-8-17-12-3-4-12)15-6-7-18-14-10-11(16)2-5-13(14)15/h2,5-7,10,12,17H,3-4,8-9H2,1H3. The van der Waals surface area contributed by atoms with Crippen molar-refractivity contribution < 1.29 is 0 Å². The van der Waals surface area contributed by atoms with Crippen LogP contribution in [0.15, 0.2) is 30.5 Å². The number of pyridine rings is 1. The van der Waals surface area contributed by atoms with Crippen LogP contribution in [0.3, 0.4) is 0 Å². The minimum absolute atomic E-state index is 0.732. The zero-order valence-corrected chi connectivity index (χ0v) is 11.8. The second-order valence-electron chi connectivity index (χ2n) is 5.14. The smallest absolute Gasteiger partial charge is 0.0737 e. The van der Waals surface area contributed by atoms with E-state index in [1.807, 2.05) is 24.4 Å². The highest BCUT2D eigenvalue weighted by atomic mass is 35.5. The van der Waals surface area contributed by atoms with Crippen LogP contribution in [0.5, 0.6) is 0 Å². The van der Waals surface area contributed by atoms with Gasteiger partial charge in [0.25, 0.3) is 0 Å². The van der Waals surface area contributed by atoms with Crippen molar-refractivity contribution in [1.29, 1.82) is 0 Å². The number of anilines is 1. The lowest BCUT2D eigenvalue weighted by Crippen LogP contribution is -2.30. The van der Waals surface area contributed by atoms with Gasteiger partial charge in [-0.2, -0.15) is 0 Å². The maximum Gasteiger partial charge on any atom is 0.0737 e. The molecular formula is C15H18ClN3. The Labute approximate surface area is 118 Å². The van der Waals surface area contributed by atoms with Gasteiger partial charge in [0.2, 0.25) is 0 Å². The zero-order chi connectivity index (χ0) is 13.2. The van der Waals surface area contributed by atoms with Crippen LogP contribution in [-0.2, 0) is 0 Å². The number of fused-ring (bicyclic) bond motifs is 1. The predicted molar refractivity (Wildman–Crippen MR) is 81.0 cm³/mol. The second kappa shape index (κ2) is 5.35. The maximum atomic E-state index is 6.01. The summed E-state index contributed by atoms with van der Waals surface area (Å²) in [6.45, 7) is 2.02. The first-order chi connectivity index (χ1) is 9.24. The van der Waals surface area contributed by atoms with Crippen LogP contribution in [-0.4, -0.2) is 31.2 Å². The topological polar surface area (TPSA) is 28.2 Å². The van der Waals surface area contributed by atoms with E-state index in [1.54, 1.807) is 0 Å². The summed E-state index contributed by atoms with van der Waals surface area (Å²) in [4.78, 5) is 6.65. The Morgan fingerprint density at radius 1 is 1.37 bits per heavy atom. The van der Waals surface area contributed by atoms with Crippen LogP contribution in [0.2, 0.25) is 5.02 Å². The number of benzene rings is 1. The normalized spacial score (nSPS) is 14.8. The molecule has 0 saturated heterocycles. The molecule has 1 aliphatic rings. The van der Waals surface area contributed by atoms with Crippen molar-refractivity contribution in [1.82, 2.24) is 10.3 Å². The molecular weight excluding hydrogens is 258 g/mol. The first kappa shape index (κ1) is 12.7. The van der Waals surface area contributed by atoms with Gasteiger partial charge in [0.1, 0.15) is 0 Å². The predicted octanol–water partition coefficient (Wildman–Crippen LogP) is 3.08. The first-order valence-electron chi connectivity index (χ1n) is 6.73. The van der Waals surface area contributed by atoms with Crippen molar-refractivity contribution in [2.75, 3.05) is 25.0 Å². The molecule has 1 aromatic carbocycles. The number of aromatic nitrogens is 1. The first-order valence-corrected chi connectivity index (χ1v) is 7.10. The molecule has 0 amide bonds. The Hall–Kier alpha value is -1.32. The number of hydrogen-bond donors (Lipinski definition) is 1. The molecule has 1 heterocycles. The Balaban J connectivity index is 1.78. The fourth-order valence-corrected chi connectivity index (χ4v) is 2.45. The molecule has 0 aliphatic heterocycles. The van der Waals surface area contributed by atoms with Gasteiger partial charge in [-0.15, -0.1) is 0 Å². The van der Waals surface area contributed by atoms with Gasteiger partial charge in [-0.05, 0) is 37.1 Å². The number of rotatable bonds is 5. The summed E-state index contributed by atoms with van der Waals surface area (Å²) >= 11 is 6.01. The van der Waals surface area contributed by atoms with Gasteiger partial charge in [-0.1, -0.05) is 11.6 Å². The van der Waals surface area contributed by atoms with Crippen molar-refractivity contribution >= 4 is 28.2 Å². The largest absolute Gasteiger partial charge is 0.373 e. The van der Waals surface area contributed by atoms with E-state index in [0.29, 0.717) is 0 Å². The highest BCUT2D eigenvalue weighted by molar-refractivity contribution is 6.31. The van der Waals surface area contributed by atoms with E-state index in [2.05, 4.69) is 28.3 Å². The highest BCUT2D eigenvalue weighted by Crippen LogP contribution is 2.26. The van der Waals surface area contributed by atoms with E-state index in [9.17, 15) is 0 Å². The third kappa shape index (κ3) is 2.99. The average molecular weight is 276 g/mol. The molecule has 1 saturated carbocycles. The number of nitrogens with one attached hydrogen (secondary N) is 1. The number of hydrogen-bond acceptors (Lipinski definition) is 3. The van der Waals surface area contributed by atoms with Gasteiger partial charge in [0, 0.05) is 48.5 Å². The van der Waals surface area contributed by atoms with Gasteiger partial charge in [0.15, 0.2) is 0 Å². The molecule has 0 atom stereocenters. The van der Waals surface area contributed by atoms with Crippen LogP contribution in [0.25, 0.3) is 10.9 Å². The quantitative estimate of drug-likeness (QED) is 0.909. The number of likely N-dealkylation sites (N-methyl/N-ethyl adjacent to an activating group) is 1. The molecule has 1 N–H and O–H groups in total. The summed E-state index contributed by atoms with van der Waals surface area (Å²) in [6, 6.07) is 8.71. The van der Waals surface area contributed by atoms with Crippen LogP contribution >= 0.6 is 11.6 Å². The molecule has 0 spiro atoms. The Bertz CT molecular complexity index is 581. The molecule has 4 heteroatoms. The number of halogens is 1.